The number of hydrogen-bond donors (Lipinski definition) is 3. The quantitative estimate of drug-likeness (QED) is 0.212. The summed E-state index contributed by atoms with van der Waals surface area (Å²) in [7, 11) is 0. The number of nitrogens with two attached hydrogens (primary N) is 2. The van der Waals surface area contributed by atoms with Crippen molar-refractivity contribution >= 4 is 11.8 Å². The predicted molar refractivity (Wildman–Crippen MR) is 66.8 cm³/mol. The molecule has 0 atom stereocenters. The van der Waals surface area contributed by atoms with Gasteiger partial charge in [-0.05, 0) is 6.08 Å². The molecular weight excluding hydrogens is 284 g/mol. The zero-order chi connectivity index (χ0) is 16.0. The minimum Gasteiger partial charge on any atom is -0.401 e. The average Bonchev–Trinajstić information content (AvgIpc) is 2.37. The molecular formula is C10H12N6O5. The van der Waals surface area contributed by atoms with Crippen molar-refractivity contribution in [3.05, 3.63) is 33.2 Å². The van der Waals surface area contributed by atoms with Crippen molar-refractivity contribution in [2.75, 3.05) is 19.7 Å². The molecule has 0 aliphatic carbocycles. The summed E-state index contributed by atoms with van der Waals surface area (Å²) >= 11 is 0. The van der Waals surface area contributed by atoms with E-state index in [0.29, 0.717) is 0 Å². The van der Waals surface area contributed by atoms with Gasteiger partial charge >= 0.3 is 0 Å². The maximum absolute atomic E-state index is 11.7. The van der Waals surface area contributed by atoms with Crippen molar-refractivity contribution in [2.45, 2.75) is 0 Å². The number of nitrogens with zero attached hydrogens (tertiary/aromatic N) is 3. The molecule has 2 amide bonds. The van der Waals surface area contributed by atoms with Crippen LogP contribution in [0.1, 0.15) is 0 Å². The molecule has 11 heteroatoms. The Bertz CT molecular complexity index is 575. The molecule has 112 valence electrons. The molecule has 1 rings (SSSR count). The Morgan fingerprint density at radius 3 is 2.81 bits per heavy atom. The first-order valence-electron chi connectivity index (χ1n) is 5.58. The summed E-state index contributed by atoms with van der Waals surface area (Å²) in [4.78, 5) is 38.7. The maximum Gasteiger partial charge on any atom is 0.294 e. The lowest BCUT2D eigenvalue weighted by molar-refractivity contribution is -0.757. The number of amides is 2. The van der Waals surface area contributed by atoms with E-state index in [1.807, 2.05) is 5.32 Å². The summed E-state index contributed by atoms with van der Waals surface area (Å²) in [6.07, 6.45) is 2.64. The summed E-state index contributed by atoms with van der Waals surface area (Å²) in [5, 5.41) is 19.4. The molecule has 0 aromatic heterocycles. The fourth-order valence-corrected chi connectivity index (χ4v) is 1.77. The topological polar surface area (TPSA) is 178 Å². The Labute approximate surface area is 118 Å². The SMILES string of the molecule is N#CNC(=O)C1=C(C(N)=O)N(CCO[N+](=O)[O-])CC(N)=C1. The van der Waals surface area contributed by atoms with E-state index in [4.69, 9.17) is 16.7 Å². The number of carbonyl (C=O) groups excluding carboxylic acids is 2. The van der Waals surface area contributed by atoms with Gasteiger partial charge in [0.25, 0.3) is 16.9 Å². The fraction of sp³-hybridized carbons (Fsp3) is 0.300. The van der Waals surface area contributed by atoms with Crippen LogP contribution in [0.3, 0.4) is 0 Å². The third-order valence-corrected chi connectivity index (χ3v) is 2.48. The van der Waals surface area contributed by atoms with Crippen LogP contribution < -0.4 is 16.8 Å². The number of hydrogen-bond acceptors (Lipinski definition) is 8. The molecule has 0 aromatic carbocycles. The molecule has 0 radical (unpaired) electrons. The van der Waals surface area contributed by atoms with E-state index < -0.39 is 16.9 Å². The van der Waals surface area contributed by atoms with E-state index in [0.717, 1.165) is 0 Å². The van der Waals surface area contributed by atoms with Crippen molar-refractivity contribution in [1.29, 1.82) is 5.26 Å². The van der Waals surface area contributed by atoms with Crippen LogP contribution in [-0.2, 0) is 14.4 Å². The summed E-state index contributed by atoms with van der Waals surface area (Å²) in [5.74, 6) is -1.78. The van der Waals surface area contributed by atoms with Crippen LogP contribution in [0.25, 0.3) is 0 Å². The van der Waals surface area contributed by atoms with Crippen LogP contribution >= 0.6 is 0 Å². The third-order valence-electron chi connectivity index (χ3n) is 2.48. The predicted octanol–water partition coefficient (Wildman–Crippen LogP) is -2.31. The van der Waals surface area contributed by atoms with Crippen LogP contribution in [-0.4, -0.2) is 41.5 Å². The van der Waals surface area contributed by atoms with E-state index >= 15 is 0 Å². The molecule has 1 heterocycles. The highest BCUT2D eigenvalue weighted by Gasteiger charge is 2.27. The molecule has 1 aliphatic heterocycles. The minimum absolute atomic E-state index is 0.0443. The van der Waals surface area contributed by atoms with Gasteiger partial charge in [-0.1, -0.05) is 0 Å². The van der Waals surface area contributed by atoms with Crippen molar-refractivity contribution in [1.82, 2.24) is 10.2 Å². The Morgan fingerprint density at radius 2 is 2.29 bits per heavy atom. The molecule has 1 aliphatic rings. The van der Waals surface area contributed by atoms with Crippen LogP contribution in [0.2, 0.25) is 0 Å². The highest BCUT2D eigenvalue weighted by Crippen LogP contribution is 2.19. The molecule has 11 nitrogen and oxygen atoms in total. The second-order valence-corrected chi connectivity index (χ2v) is 3.89. The third kappa shape index (κ3) is 4.10. The van der Waals surface area contributed by atoms with Gasteiger partial charge in [-0.15, -0.1) is 10.1 Å². The van der Waals surface area contributed by atoms with E-state index in [-0.39, 0.29) is 36.7 Å². The number of rotatable bonds is 6. The first-order chi connectivity index (χ1) is 9.86. The van der Waals surface area contributed by atoms with Crippen LogP contribution in [0.15, 0.2) is 23.0 Å². The lowest BCUT2D eigenvalue weighted by Crippen LogP contribution is -2.41. The minimum atomic E-state index is -0.986. The Balaban J connectivity index is 3.06. The van der Waals surface area contributed by atoms with Gasteiger partial charge in [0.15, 0.2) is 6.19 Å². The largest absolute Gasteiger partial charge is 0.401 e. The summed E-state index contributed by atoms with van der Waals surface area (Å²) in [6, 6.07) is 0. The number of primary amides is 1. The fourth-order valence-electron chi connectivity index (χ4n) is 1.77. The number of nitriles is 1. The van der Waals surface area contributed by atoms with Gasteiger partial charge in [-0.2, -0.15) is 5.26 Å². The summed E-state index contributed by atoms with van der Waals surface area (Å²) in [6.45, 7) is -0.385. The molecule has 0 unspecified atom stereocenters. The maximum atomic E-state index is 11.7. The Morgan fingerprint density at radius 1 is 1.62 bits per heavy atom. The monoisotopic (exact) mass is 296 g/mol. The summed E-state index contributed by atoms with van der Waals surface area (Å²) < 4.78 is 0. The van der Waals surface area contributed by atoms with Gasteiger partial charge < -0.3 is 21.2 Å². The average molecular weight is 296 g/mol. The lowest BCUT2D eigenvalue weighted by atomic mass is 10.1. The molecule has 0 bridgehead atoms. The van der Waals surface area contributed by atoms with E-state index in [9.17, 15) is 19.7 Å². The molecule has 0 spiro atoms. The summed E-state index contributed by atoms with van der Waals surface area (Å²) in [5.41, 5.74) is 10.7. The zero-order valence-electron chi connectivity index (χ0n) is 10.7. The number of carbonyl (C=O) groups is 2. The first kappa shape index (κ1) is 15.8. The Kier molecular flexibility index (Phi) is 5.07. The molecule has 21 heavy (non-hydrogen) atoms. The van der Waals surface area contributed by atoms with Crippen LogP contribution in [0.4, 0.5) is 0 Å². The number of nitrogens with one attached hydrogen (secondary N) is 1. The van der Waals surface area contributed by atoms with E-state index in [1.54, 1.807) is 0 Å². The second-order valence-electron chi connectivity index (χ2n) is 3.89. The molecule has 0 fully saturated rings. The zero-order valence-corrected chi connectivity index (χ0v) is 10.7. The lowest BCUT2D eigenvalue weighted by Gasteiger charge is -2.30. The smallest absolute Gasteiger partial charge is 0.294 e. The van der Waals surface area contributed by atoms with Gasteiger partial charge in [-0.3, -0.25) is 14.9 Å². The highest BCUT2D eigenvalue weighted by atomic mass is 16.9. The van der Waals surface area contributed by atoms with Crippen molar-refractivity contribution in [3.63, 3.8) is 0 Å². The standard InChI is InChI=1S/C10H12N6O5/c11-5-14-10(18)7-3-6(12)4-15(8(7)9(13)17)1-2-21-16(19)20/h3H,1-2,4,12H2,(H2,13,17)(H,14,18). The van der Waals surface area contributed by atoms with Gasteiger partial charge in [0.2, 0.25) is 0 Å². The van der Waals surface area contributed by atoms with Crippen molar-refractivity contribution in [3.8, 4) is 6.19 Å². The first-order valence-corrected chi connectivity index (χ1v) is 5.58. The van der Waals surface area contributed by atoms with Gasteiger partial charge in [0.1, 0.15) is 12.3 Å². The second kappa shape index (κ2) is 6.75. The molecule has 0 saturated heterocycles. The normalized spacial score (nSPS) is 14.0. The molecule has 0 aromatic rings. The van der Waals surface area contributed by atoms with Crippen LogP contribution in [0.5, 0.6) is 0 Å². The van der Waals surface area contributed by atoms with Crippen molar-refractivity contribution in [2.24, 2.45) is 11.5 Å². The van der Waals surface area contributed by atoms with Gasteiger partial charge in [0.05, 0.1) is 12.1 Å². The molecule has 5 N–H and O–H groups in total. The molecule has 0 saturated carbocycles. The highest BCUT2D eigenvalue weighted by molar-refractivity contribution is 6.06. The van der Waals surface area contributed by atoms with Crippen molar-refractivity contribution < 1.29 is 19.5 Å². The van der Waals surface area contributed by atoms with Gasteiger partial charge in [-0.25, -0.2) is 0 Å². The van der Waals surface area contributed by atoms with Crippen LogP contribution in [0, 0.1) is 21.6 Å². The Hall–Kier alpha value is -3.29. The van der Waals surface area contributed by atoms with E-state index in [2.05, 4.69) is 4.84 Å². The van der Waals surface area contributed by atoms with E-state index in [1.165, 1.54) is 17.2 Å². The van der Waals surface area contributed by atoms with Gasteiger partial charge in [0, 0.05) is 12.2 Å².